The average Bonchev–Trinajstić information content (AvgIpc) is 2.79. The molecule has 1 aliphatic rings. The Bertz CT molecular complexity index is 641. The van der Waals surface area contributed by atoms with Crippen LogP contribution >= 0.6 is 0 Å². The molecular formula is C15H15N3O2. The normalized spacial score (nSPS) is 12.9. The van der Waals surface area contributed by atoms with Gasteiger partial charge in [0.05, 0.1) is 18.7 Å². The molecule has 20 heavy (non-hydrogen) atoms. The molecule has 0 spiro atoms. The minimum Gasteiger partial charge on any atom is -0.491 e. The number of nitrogens with one attached hydrogen (secondary N) is 1. The van der Waals surface area contributed by atoms with Gasteiger partial charge in [0.2, 0.25) is 5.91 Å². The van der Waals surface area contributed by atoms with Gasteiger partial charge in [0.1, 0.15) is 5.75 Å². The number of amides is 1. The van der Waals surface area contributed by atoms with Gasteiger partial charge in [-0.25, -0.2) is 0 Å². The van der Waals surface area contributed by atoms with E-state index in [4.69, 9.17) is 10.5 Å². The van der Waals surface area contributed by atoms with Crippen molar-refractivity contribution in [3.8, 4) is 5.75 Å². The molecule has 3 N–H and O–H groups in total. The van der Waals surface area contributed by atoms with E-state index in [1.54, 1.807) is 18.3 Å². The number of nitrogen functional groups attached to an aromatic ring is 1. The van der Waals surface area contributed by atoms with Crippen LogP contribution in [0.3, 0.4) is 0 Å². The maximum absolute atomic E-state index is 11.3. The fourth-order valence-electron chi connectivity index (χ4n) is 2.21. The second kappa shape index (κ2) is 5.21. The predicted molar refractivity (Wildman–Crippen MR) is 76.6 cm³/mol. The SMILES string of the molecule is Nc1cc2c(cc1OCCc1ccccn1)NC(=O)C2. The molecule has 0 saturated carbocycles. The van der Waals surface area contributed by atoms with E-state index in [0.717, 1.165) is 16.9 Å². The molecule has 0 atom stereocenters. The fraction of sp³-hybridized carbons (Fsp3) is 0.200. The molecule has 5 heteroatoms. The Kier molecular flexibility index (Phi) is 3.25. The van der Waals surface area contributed by atoms with Crippen molar-refractivity contribution >= 4 is 17.3 Å². The van der Waals surface area contributed by atoms with Crippen LogP contribution in [0.4, 0.5) is 11.4 Å². The minimum absolute atomic E-state index is 0.00923. The summed E-state index contributed by atoms with van der Waals surface area (Å²) in [6.45, 7) is 0.494. The van der Waals surface area contributed by atoms with Crippen LogP contribution in [0.1, 0.15) is 11.3 Å². The van der Waals surface area contributed by atoms with Crippen molar-refractivity contribution in [3.63, 3.8) is 0 Å². The lowest BCUT2D eigenvalue weighted by Crippen LogP contribution is -2.05. The van der Waals surface area contributed by atoms with E-state index in [0.29, 0.717) is 30.9 Å². The highest BCUT2D eigenvalue weighted by Gasteiger charge is 2.19. The molecule has 1 amide bonds. The number of ether oxygens (including phenoxy) is 1. The first kappa shape index (κ1) is 12.5. The molecule has 0 saturated heterocycles. The summed E-state index contributed by atoms with van der Waals surface area (Å²) in [7, 11) is 0. The molecule has 0 fully saturated rings. The lowest BCUT2D eigenvalue weighted by molar-refractivity contribution is -0.115. The second-order valence-corrected chi connectivity index (χ2v) is 4.69. The van der Waals surface area contributed by atoms with E-state index in [1.807, 2.05) is 18.2 Å². The summed E-state index contributed by atoms with van der Waals surface area (Å²) in [5.41, 5.74) is 9.18. The Labute approximate surface area is 116 Å². The van der Waals surface area contributed by atoms with E-state index in [2.05, 4.69) is 10.3 Å². The first-order chi connectivity index (χ1) is 9.72. The highest BCUT2D eigenvalue weighted by molar-refractivity contribution is 6.00. The van der Waals surface area contributed by atoms with Crippen LogP contribution in [-0.4, -0.2) is 17.5 Å². The number of hydrogen-bond acceptors (Lipinski definition) is 4. The van der Waals surface area contributed by atoms with Crippen LogP contribution in [0, 0.1) is 0 Å². The monoisotopic (exact) mass is 269 g/mol. The molecule has 102 valence electrons. The maximum atomic E-state index is 11.3. The Hall–Kier alpha value is -2.56. The maximum Gasteiger partial charge on any atom is 0.228 e. The number of fused-ring (bicyclic) bond motifs is 1. The number of nitrogens with zero attached hydrogens (tertiary/aromatic N) is 1. The number of pyridine rings is 1. The molecular weight excluding hydrogens is 254 g/mol. The molecule has 0 bridgehead atoms. The summed E-state index contributed by atoms with van der Waals surface area (Å²) < 4.78 is 5.68. The summed E-state index contributed by atoms with van der Waals surface area (Å²) >= 11 is 0. The molecule has 2 heterocycles. The van der Waals surface area contributed by atoms with Gasteiger partial charge in [-0.2, -0.15) is 0 Å². The van der Waals surface area contributed by atoms with Crippen molar-refractivity contribution in [1.29, 1.82) is 0 Å². The quantitative estimate of drug-likeness (QED) is 0.829. The molecule has 2 aromatic rings. The zero-order valence-electron chi connectivity index (χ0n) is 10.9. The number of nitrogens with two attached hydrogens (primary N) is 1. The molecule has 0 radical (unpaired) electrons. The predicted octanol–water partition coefficient (Wildman–Crippen LogP) is 1.78. The molecule has 1 aromatic carbocycles. The van der Waals surface area contributed by atoms with Gasteiger partial charge in [-0.3, -0.25) is 9.78 Å². The number of carbonyl (C=O) groups excluding carboxylic acids is 1. The first-order valence-corrected chi connectivity index (χ1v) is 6.47. The van der Waals surface area contributed by atoms with Crippen LogP contribution < -0.4 is 15.8 Å². The number of benzene rings is 1. The number of aromatic nitrogens is 1. The molecule has 0 aliphatic carbocycles. The van der Waals surface area contributed by atoms with Gasteiger partial charge in [-0.05, 0) is 23.8 Å². The Balaban J connectivity index is 1.66. The van der Waals surface area contributed by atoms with E-state index in [9.17, 15) is 4.79 Å². The number of hydrogen-bond donors (Lipinski definition) is 2. The topological polar surface area (TPSA) is 77.2 Å². The summed E-state index contributed by atoms with van der Waals surface area (Å²) in [6.07, 6.45) is 2.85. The van der Waals surface area contributed by atoms with E-state index >= 15 is 0 Å². The van der Waals surface area contributed by atoms with Gasteiger partial charge in [-0.1, -0.05) is 6.07 Å². The van der Waals surface area contributed by atoms with Crippen molar-refractivity contribution in [2.24, 2.45) is 0 Å². The molecule has 0 unspecified atom stereocenters. The Morgan fingerprint density at radius 1 is 1.35 bits per heavy atom. The first-order valence-electron chi connectivity index (χ1n) is 6.47. The minimum atomic E-state index is -0.00923. The van der Waals surface area contributed by atoms with Gasteiger partial charge in [0.15, 0.2) is 0 Å². The summed E-state index contributed by atoms with van der Waals surface area (Å²) in [5.74, 6) is 0.590. The highest BCUT2D eigenvalue weighted by atomic mass is 16.5. The zero-order chi connectivity index (χ0) is 13.9. The average molecular weight is 269 g/mol. The summed E-state index contributed by atoms with van der Waals surface area (Å²) in [4.78, 5) is 15.6. The highest BCUT2D eigenvalue weighted by Crippen LogP contribution is 2.33. The number of anilines is 2. The third-order valence-electron chi connectivity index (χ3n) is 3.20. The van der Waals surface area contributed by atoms with E-state index < -0.39 is 0 Å². The largest absolute Gasteiger partial charge is 0.491 e. The Morgan fingerprint density at radius 3 is 3.05 bits per heavy atom. The van der Waals surface area contributed by atoms with Crippen molar-refractivity contribution in [2.45, 2.75) is 12.8 Å². The number of rotatable bonds is 4. The Morgan fingerprint density at radius 2 is 2.25 bits per heavy atom. The standard InChI is InChI=1S/C15H15N3O2/c16-12-7-10-8-15(19)18-13(10)9-14(12)20-6-4-11-3-1-2-5-17-11/h1-3,5,7,9H,4,6,8,16H2,(H,18,19). The van der Waals surface area contributed by atoms with Crippen LogP contribution in [-0.2, 0) is 17.6 Å². The van der Waals surface area contributed by atoms with Crippen molar-refractivity contribution < 1.29 is 9.53 Å². The van der Waals surface area contributed by atoms with Crippen molar-refractivity contribution in [3.05, 3.63) is 47.8 Å². The summed E-state index contributed by atoms with van der Waals surface area (Å²) in [6, 6.07) is 9.36. The zero-order valence-corrected chi connectivity index (χ0v) is 10.9. The lowest BCUT2D eigenvalue weighted by Gasteiger charge is -2.10. The van der Waals surface area contributed by atoms with Gasteiger partial charge in [-0.15, -0.1) is 0 Å². The van der Waals surface area contributed by atoms with E-state index in [1.165, 1.54) is 0 Å². The van der Waals surface area contributed by atoms with Crippen molar-refractivity contribution in [2.75, 3.05) is 17.7 Å². The van der Waals surface area contributed by atoms with Crippen LogP contribution in [0.5, 0.6) is 5.75 Å². The summed E-state index contributed by atoms with van der Waals surface area (Å²) in [5, 5.41) is 2.79. The third kappa shape index (κ3) is 2.56. The van der Waals surface area contributed by atoms with Gasteiger partial charge in [0.25, 0.3) is 0 Å². The van der Waals surface area contributed by atoms with Crippen molar-refractivity contribution in [1.82, 2.24) is 4.98 Å². The molecule has 1 aliphatic heterocycles. The van der Waals surface area contributed by atoms with Crippen LogP contribution in [0.15, 0.2) is 36.5 Å². The molecule has 1 aromatic heterocycles. The number of carbonyl (C=O) groups is 1. The van der Waals surface area contributed by atoms with Gasteiger partial charge >= 0.3 is 0 Å². The molecule has 5 nitrogen and oxygen atoms in total. The van der Waals surface area contributed by atoms with Gasteiger partial charge < -0.3 is 15.8 Å². The lowest BCUT2D eigenvalue weighted by atomic mass is 10.1. The van der Waals surface area contributed by atoms with E-state index in [-0.39, 0.29) is 5.91 Å². The van der Waals surface area contributed by atoms with Crippen LogP contribution in [0.2, 0.25) is 0 Å². The third-order valence-corrected chi connectivity index (χ3v) is 3.20. The second-order valence-electron chi connectivity index (χ2n) is 4.69. The van der Waals surface area contributed by atoms with Gasteiger partial charge in [0, 0.05) is 30.1 Å². The molecule has 3 rings (SSSR count). The fourth-order valence-corrected chi connectivity index (χ4v) is 2.21. The smallest absolute Gasteiger partial charge is 0.228 e. The van der Waals surface area contributed by atoms with Crippen LogP contribution in [0.25, 0.3) is 0 Å².